The number of nitrogens with zero attached hydrogens (tertiary/aromatic N) is 1. The Hall–Kier alpha value is -2.59. The largest absolute Gasteiger partial charge is 0.475 e. The number of hydrogen-bond acceptors (Lipinski definition) is 2. The van der Waals surface area contributed by atoms with Crippen molar-refractivity contribution < 1.29 is 14.7 Å². The number of aliphatic carboxylic acids is 1. The zero-order valence-electron chi connectivity index (χ0n) is 13.8. The van der Waals surface area contributed by atoms with Crippen LogP contribution in [0.3, 0.4) is 0 Å². The van der Waals surface area contributed by atoms with Crippen LogP contribution in [0.4, 0.5) is 0 Å². The Balaban J connectivity index is 2.15. The molecule has 3 rings (SSSR count). The maximum atomic E-state index is 12.1. The fraction of sp³-hybridized carbons (Fsp3) is 0.200. The summed E-state index contributed by atoms with van der Waals surface area (Å²) in [6.07, 6.45) is 3.64. The molecule has 0 atom stereocenters. The van der Waals surface area contributed by atoms with Crippen LogP contribution in [0.5, 0.6) is 0 Å². The second kappa shape index (κ2) is 7.11. The van der Waals surface area contributed by atoms with Crippen LogP contribution in [-0.2, 0) is 11.3 Å². The molecule has 2 aromatic carbocycles. The number of ketones is 1. The van der Waals surface area contributed by atoms with E-state index in [0.717, 1.165) is 36.0 Å². The van der Waals surface area contributed by atoms with Crippen LogP contribution < -0.4 is 0 Å². The van der Waals surface area contributed by atoms with Crippen molar-refractivity contribution in [2.24, 2.45) is 0 Å². The lowest BCUT2D eigenvalue weighted by Gasteiger charge is -2.06. The van der Waals surface area contributed by atoms with E-state index in [4.69, 9.17) is 16.7 Å². The van der Waals surface area contributed by atoms with Crippen molar-refractivity contribution in [1.82, 2.24) is 4.57 Å². The molecule has 1 heterocycles. The van der Waals surface area contributed by atoms with E-state index in [-0.39, 0.29) is 5.56 Å². The van der Waals surface area contributed by atoms with E-state index < -0.39 is 11.8 Å². The van der Waals surface area contributed by atoms with Gasteiger partial charge in [-0.05, 0) is 41.8 Å². The lowest BCUT2D eigenvalue weighted by molar-refractivity contribution is -0.131. The molecule has 0 spiro atoms. The highest BCUT2D eigenvalue weighted by Gasteiger charge is 2.21. The number of carboxylic acid groups (broad SMARTS) is 1. The molecule has 0 aliphatic rings. The van der Waals surface area contributed by atoms with Crippen LogP contribution in [-0.4, -0.2) is 21.4 Å². The number of Topliss-reactive ketones (excluding diaryl/α,β-unsaturated/α-hetero) is 1. The molecule has 1 aromatic heterocycles. The summed E-state index contributed by atoms with van der Waals surface area (Å²) in [5.74, 6) is -2.32. The predicted molar refractivity (Wildman–Crippen MR) is 99.3 cm³/mol. The normalized spacial score (nSPS) is 11.0. The maximum absolute atomic E-state index is 12.1. The molecule has 0 aliphatic carbocycles. The van der Waals surface area contributed by atoms with E-state index in [1.807, 2.05) is 34.9 Å². The second-order valence-electron chi connectivity index (χ2n) is 5.96. The first-order valence-electron chi connectivity index (χ1n) is 8.17. The van der Waals surface area contributed by atoms with E-state index in [2.05, 4.69) is 6.92 Å². The van der Waals surface area contributed by atoms with Gasteiger partial charge in [-0.1, -0.05) is 43.1 Å². The van der Waals surface area contributed by atoms with Gasteiger partial charge in [-0.15, -0.1) is 0 Å². The first-order valence-corrected chi connectivity index (χ1v) is 8.55. The third-order valence-electron chi connectivity index (χ3n) is 4.25. The Labute approximate surface area is 150 Å². The Morgan fingerprint density at radius 2 is 1.76 bits per heavy atom. The number of carbonyl (C=O) groups excluding carboxylic acids is 1. The molecule has 4 nitrogen and oxygen atoms in total. The lowest BCUT2D eigenvalue weighted by atomic mass is 10.0. The Bertz CT molecular complexity index is 941. The highest BCUT2D eigenvalue weighted by atomic mass is 35.5. The van der Waals surface area contributed by atoms with E-state index in [1.165, 1.54) is 0 Å². The van der Waals surface area contributed by atoms with Crippen molar-refractivity contribution in [2.45, 2.75) is 26.3 Å². The van der Waals surface area contributed by atoms with Gasteiger partial charge in [0.15, 0.2) is 0 Å². The number of halogens is 1. The molecule has 0 saturated carbocycles. The summed E-state index contributed by atoms with van der Waals surface area (Å²) in [5, 5.41) is 10.4. The molecule has 0 amide bonds. The van der Waals surface area contributed by atoms with E-state index in [9.17, 15) is 9.59 Å². The summed E-state index contributed by atoms with van der Waals surface area (Å²) < 4.78 is 1.96. The Morgan fingerprint density at radius 1 is 1.08 bits per heavy atom. The summed E-state index contributed by atoms with van der Waals surface area (Å²) in [6.45, 7) is 2.84. The molecule has 0 bridgehead atoms. The van der Waals surface area contributed by atoms with Crippen LogP contribution >= 0.6 is 11.6 Å². The van der Waals surface area contributed by atoms with Gasteiger partial charge in [0.05, 0.1) is 5.56 Å². The Kier molecular flexibility index (Phi) is 4.91. The summed E-state index contributed by atoms with van der Waals surface area (Å²) in [5.41, 5.74) is 2.98. The van der Waals surface area contributed by atoms with Crippen LogP contribution in [0.25, 0.3) is 22.0 Å². The van der Waals surface area contributed by atoms with Gasteiger partial charge in [0.1, 0.15) is 0 Å². The van der Waals surface area contributed by atoms with Crippen LogP contribution in [0.15, 0.2) is 48.7 Å². The first kappa shape index (κ1) is 17.2. The fourth-order valence-electron chi connectivity index (χ4n) is 2.93. The van der Waals surface area contributed by atoms with Gasteiger partial charge in [0, 0.05) is 28.7 Å². The van der Waals surface area contributed by atoms with Crippen LogP contribution in [0.1, 0.15) is 30.1 Å². The van der Waals surface area contributed by atoms with E-state index in [1.54, 1.807) is 18.3 Å². The van der Waals surface area contributed by atoms with Gasteiger partial charge in [-0.3, -0.25) is 4.79 Å². The number of carboxylic acids is 1. The molecule has 3 aromatic rings. The molecule has 0 aliphatic heterocycles. The van der Waals surface area contributed by atoms with Gasteiger partial charge in [0.25, 0.3) is 5.78 Å². The number of rotatable bonds is 6. The van der Waals surface area contributed by atoms with Gasteiger partial charge >= 0.3 is 5.97 Å². The molecule has 0 saturated heterocycles. The van der Waals surface area contributed by atoms with Gasteiger partial charge < -0.3 is 9.67 Å². The first-order chi connectivity index (χ1) is 12.0. The highest BCUT2D eigenvalue weighted by Crippen LogP contribution is 2.29. The molecule has 1 N–H and O–H groups in total. The SMILES string of the molecule is CCCCn1cc(C(=O)C(=O)O)c2cc(-c3ccc(Cl)cc3)ccc21. The maximum Gasteiger partial charge on any atom is 0.377 e. The minimum atomic E-state index is -1.44. The van der Waals surface area contributed by atoms with Crippen molar-refractivity contribution >= 4 is 34.3 Å². The second-order valence-corrected chi connectivity index (χ2v) is 6.40. The third-order valence-corrected chi connectivity index (χ3v) is 4.50. The average Bonchev–Trinajstić information content (AvgIpc) is 2.97. The average molecular weight is 356 g/mol. The van der Waals surface area contributed by atoms with Gasteiger partial charge in [-0.25, -0.2) is 4.79 Å². The molecule has 0 unspecified atom stereocenters. The molecular weight excluding hydrogens is 338 g/mol. The number of hydrogen-bond donors (Lipinski definition) is 1. The third kappa shape index (κ3) is 3.44. The molecule has 0 radical (unpaired) electrons. The zero-order chi connectivity index (χ0) is 18.0. The fourth-order valence-corrected chi connectivity index (χ4v) is 3.05. The zero-order valence-corrected chi connectivity index (χ0v) is 14.6. The van der Waals surface area contributed by atoms with Crippen molar-refractivity contribution in [3.8, 4) is 11.1 Å². The minimum absolute atomic E-state index is 0.231. The monoisotopic (exact) mass is 355 g/mol. The summed E-state index contributed by atoms with van der Waals surface area (Å²) >= 11 is 5.93. The number of aromatic nitrogens is 1. The van der Waals surface area contributed by atoms with E-state index >= 15 is 0 Å². The predicted octanol–water partition coefficient (Wildman–Crippen LogP) is 5.03. The van der Waals surface area contributed by atoms with Crippen molar-refractivity contribution in [3.05, 3.63) is 59.2 Å². The van der Waals surface area contributed by atoms with E-state index in [0.29, 0.717) is 10.4 Å². The molecule has 0 fully saturated rings. The minimum Gasteiger partial charge on any atom is -0.475 e. The van der Waals surface area contributed by atoms with Gasteiger partial charge in [-0.2, -0.15) is 0 Å². The number of aryl methyl sites for hydroxylation is 1. The number of fused-ring (bicyclic) bond motifs is 1. The van der Waals surface area contributed by atoms with Crippen LogP contribution in [0, 0.1) is 0 Å². The quantitative estimate of drug-likeness (QED) is 0.498. The Morgan fingerprint density at radius 3 is 2.40 bits per heavy atom. The van der Waals surface area contributed by atoms with Crippen molar-refractivity contribution in [1.29, 1.82) is 0 Å². The lowest BCUT2D eigenvalue weighted by Crippen LogP contribution is -2.12. The molecule has 5 heteroatoms. The summed E-state index contributed by atoms with van der Waals surface area (Å²) in [4.78, 5) is 23.3. The number of carbonyl (C=O) groups is 2. The molecule has 128 valence electrons. The van der Waals surface area contributed by atoms with Crippen molar-refractivity contribution in [2.75, 3.05) is 0 Å². The van der Waals surface area contributed by atoms with Crippen molar-refractivity contribution in [3.63, 3.8) is 0 Å². The number of benzene rings is 2. The summed E-state index contributed by atoms with van der Waals surface area (Å²) in [6, 6.07) is 13.2. The highest BCUT2D eigenvalue weighted by molar-refractivity contribution is 6.42. The van der Waals surface area contributed by atoms with Gasteiger partial charge in [0.2, 0.25) is 0 Å². The number of unbranched alkanes of at least 4 members (excludes halogenated alkanes) is 1. The van der Waals surface area contributed by atoms with Crippen LogP contribution in [0.2, 0.25) is 5.02 Å². The smallest absolute Gasteiger partial charge is 0.377 e. The molecular formula is C20H18ClNO3. The summed E-state index contributed by atoms with van der Waals surface area (Å²) in [7, 11) is 0. The molecule has 25 heavy (non-hydrogen) atoms. The standard InChI is InChI=1S/C20H18ClNO3/c1-2-3-10-22-12-17(19(23)20(24)25)16-11-14(6-9-18(16)22)13-4-7-15(21)8-5-13/h4-9,11-12H,2-3,10H2,1H3,(H,24,25). The topological polar surface area (TPSA) is 59.3 Å².